The van der Waals surface area contributed by atoms with Crippen LogP contribution in [0.25, 0.3) is 10.9 Å². The molecule has 0 radical (unpaired) electrons. The predicted molar refractivity (Wildman–Crippen MR) is 79.7 cm³/mol. The first-order valence-corrected chi connectivity index (χ1v) is 7.17. The molecule has 1 atom stereocenters. The number of amides is 1. The molecule has 1 aliphatic rings. The average molecular weight is 269 g/mol. The number of rotatable bonds is 4. The van der Waals surface area contributed by atoms with Gasteiger partial charge in [0.15, 0.2) is 0 Å². The Hall–Kier alpha value is -1.94. The van der Waals surface area contributed by atoms with Gasteiger partial charge in [-0.15, -0.1) is 0 Å². The van der Waals surface area contributed by atoms with Crippen LogP contribution >= 0.6 is 0 Å². The standard InChI is InChI=1S/C16H19N3O/c20-16(19-10-7-12-6-9-17-11-12)14-5-1-3-13-4-2-8-18-15(13)14/h1-5,8,12,17H,6-7,9-11H2,(H,19,20). The van der Waals surface area contributed by atoms with E-state index in [2.05, 4.69) is 15.6 Å². The molecule has 0 bridgehead atoms. The van der Waals surface area contributed by atoms with Gasteiger partial charge in [-0.05, 0) is 44.0 Å². The Morgan fingerprint density at radius 1 is 1.35 bits per heavy atom. The normalized spacial score (nSPS) is 18.3. The molecule has 2 N–H and O–H groups in total. The molecule has 104 valence electrons. The van der Waals surface area contributed by atoms with Crippen molar-refractivity contribution < 1.29 is 4.79 Å². The fourth-order valence-electron chi connectivity index (χ4n) is 2.73. The first-order chi connectivity index (χ1) is 9.84. The van der Waals surface area contributed by atoms with Crippen LogP contribution in [-0.4, -0.2) is 30.5 Å². The van der Waals surface area contributed by atoms with Crippen molar-refractivity contribution in [3.63, 3.8) is 0 Å². The second-order valence-corrected chi connectivity index (χ2v) is 5.28. The third-order valence-corrected chi connectivity index (χ3v) is 3.88. The van der Waals surface area contributed by atoms with Gasteiger partial charge in [0.05, 0.1) is 11.1 Å². The number of benzene rings is 1. The summed E-state index contributed by atoms with van der Waals surface area (Å²) >= 11 is 0. The zero-order valence-electron chi connectivity index (χ0n) is 11.4. The highest BCUT2D eigenvalue weighted by atomic mass is 16.1. The molecule has 2 aromatic rings. The zero-order valence-corrected chi connectivity index (χ0v) is 11.4. The molecule has 3 rings (SSSR count). The zero-order chi connectivity index (χ0) is 13.8. The molecule has 1 saturated heterocycles. The molecule has 1 aromatic heterocycles. The molecular weight excluding hydrogens is 250 g/mol. The smallest absolute Gasteiger partial charge is 0.253 e. The minimum Gasteiger partial charge on any atom is -0.352 e. The number of pyridine rings is 1. The number of carbonyl (C=O) groups excluding carboxylic acids is 1. The molecule has 0 saturated carbocycles. The van der Waals surface area contributed by atoms with Crippen LogP contribution < -0.4 is 10.6 Å². The predicted octanol–water partition coefficient (Wildman–Crippen LogP) is 1.96. The molecule has 1 fully saturated rings. The van der Waals surface area contributed by atoms with Gasteiger partial charge in [0.25, 0.3) is 5.91 Å². The highest BCUT2D eigenvalue weighted by Gasteiger charge is 2.15. The Morgan fingerprint density at radius 2 is 2.25 bits per heavy atom. The summed E-state index contributed by atoms with van der Waals surface area (Å²) in [6.45, 7) is 2.91. The van der Waals surface area contributed by atoms with Gasteiger partial charge in [0, 0.05) is 18.1 Å². The molecule has 1 amide bonds. The summed E-state index contributed by atoms with van der Waals surface area (Å²) in [5.74, 6) is 0.668. The number of carbonyl (C=O) groups is 1. The van der Waals surface area contributed by atoms with Crippen molar-refractivity contribution in [2.75, 3.05) is 19.6 Å². The van der Waals surface area contributed by atoms with Crippen molar-refractivity contribution in [2.45, 2.75) is 12.8 Å². The number of fused-ring (bicyclic) bond motifs is 1. The lowest BCUT2D eigenvalue weighted by atomic mass is 10.0. The minimum atomic E-state index is -0.0275. The second-order valence-electron chi connectivity index (χ2n) is 5.28. The van der Waals surface area contributed by atoms with Crippen LogP contribution in [0.5, 0.6) is 0 Å². The van der Waals surface area contributed by atoms with Gasteiger partial charge < -0.3 is 10.6 Å². The number of para-hydroxylation sites is 1. The Morgan fingerprint density at radius 3 is 3.10 bits per heavy atom. The summed E-state index contributed by atoms with van der Waals surface area (Å²) < 4.78 is 0. The Bertz CT molecular complexity index is 600. The van der Waals surface area contributed by atoms with Crippen LogP contribution in [-0.2, 0) is 0 Å². The lowest BCUT2D eigenvalue weighted by molar-refractivity contribution is 0.0953. The maximum absolute atomic E-state index is 12.3. The molecule has 0 spiro atoms. The maximum Gasteiger partial charge on any atom is 0.253 e. The molecule has 1 aliphatic heterocycles. The van der Waals surface area contributed by atoms with Gasteiger partial charge >= 0.3 is 0 Å². The summed E-state index contributed by atoms with van der Waals surface area (Å²) in [6.07, 6.45) is 3.98. The van der Waals surface area contributed by atoms with Crippen LogP contribution in [0.4, 0.5) is 0 Å². The van der Waals surface area contributed by atoms with Gasteiger partial charge in [-0.1, -0.05) is 18.2 Å². The maximum atomic E-state index is 12.3. The first-order valence-electron chi connectivity index (χ1n) is 7.17. The van der Waals surface area contributed by atoms with Gasteiger partial charge in [-0.2, -0.15) is 0 Å². The van der Waals surface area contributed by atoms with Crippen molar-refractivity contribution in [3.05, 3.63) is 42.1 Å². The van der Waals surface area contributed by atoms with Crippen LogP contribution in [0, 0.1) is 5.92 Å². The summed E-state index contributed by atoms with van der Waals surface area (Å²) in [4.78, 5) is 16.6. The summed E-state index contributed by atoms with van der Waals surface area (Å²) in [5.41, 5.74) is 1.43. The van der Waals surface area contributed by atoms with E-state index in [1.54, 1.807) is 6.20 Å². The van der Waals surface area contributed by atoms with Gasteiger partial charge in [0.2, 0.25) is 0 Å². The summed E-state index contributed by atoms with van der Waals surface area (Å²) in [7, 11) is 0. The van der Waals surface area contributed by atoms with Crippen molar-refractivity contribution in [3.8, 4) is 0 Å². The number of hydrogen-bond acceptors (Lipinski definition) is 3. The van der Waals surface area contributed by atoms with Gasteiger partial charge in [-0.25, -0.2) is 0 Å². The molecule has 2 heterocycles. The fraction of sp³-hybridized carbons (Fsp3) is 0.375. The highest BCUT2D eigenvalue weighted by Crippen LogP contribution is 2.16. The van der Waals surface area contributed by atoms with Gasteiger partial charge in [-0.3, -0.25) is 9.78 Å². The van der Waals surface area contributed by atoms with Crippen molar-refractivity contribution >= 4 is 16.8 Å². The summed E-state index contributed by atoms with van der Waals surface area (Å²) in [6, 6.07) is 9.57. The van der Waals surface area contributed by atoms with Gasteiger partial charge in [0.1, 0.15) is 0 Å². The minimum absolute atomic E-state index is 0.0275. The topological polar surface area (TPSA) is 54.0 Å². The van der Waals surface area contributed by atoms with Crippen molar-refractivity contribution in [1.82, 2.24) is 15.6 Å². The van der Waals surface area contributed by atoms with E-state index in [1.165, 1.54) is 6.42 Å². The van der Waals surface area contributed by atoms with E-state index in [0.29, 0.717) is 11.5 Å². The van der Waals surface area contributed by atoms with Crippen LogP contribution in [0.2, 0.25) is 0 Å². The number of nitrogens with zero attached hydrogens (tertiary/aromatic N) is 1. The molecule has 4 heteroatoms. The second kappa shape index (κ2) is 6.01. The number of aromatic nitrogens is 1. The van der Waals surface area contributed by atoms with Crippen molar-refractivity contribution in [1.29, 1.82) is 0 Å². The highest BCUT2D eigenvalue weighted by molar-refractivity contribution is 6.05. The quantitative estimate of drug-likeness (QED) is 0.892. The van der Waals surface area contributed by atoms with E-state index in [-0.39, 0.29) is 5.91 Å². The largest absolute Gasteiger partial charge is 0.352 e. The Balaban J connectivity index is 1.66. The fourth-order valence-corrected chi connectivity index (χ4v) is 2.73. The Kier molecular flexibility index (Phi) is 3.92. The number of hydrogen-bond donors (Lipinski definition) is 2. The lowest BCUT2D eigenvalue weighted by Gasteiger charge is -2.10. The molecule has 20 heavy (non-hydrogen) atoms. The van der Waals surface area contributed by atoms with E-state index < -0.39 is 0 Å². The SMILES string of the molecule is O=C(NCCC1CCNC1)c1cccc2cccnc12. The molecule has 1 aromatic carbocycles. The Labute approximate surface area is 118 Å². The van der Waals surface area contributed by atoms with E-state index >= 15 is 0 Å². The third kappa shape index (κ3) is 2.80. The molecule has 4 nitrogen and oxygen atoms in total. The van der Waals surface area contributed by atoms with E-state index in [1.807, 2.05) is 30.3 Å². The molecule has 0 aliphatic carbocycles. The van der Waals surface area contributed by atoms with Crippen LogP contribution in [0.15, 0.2) is 36.5 Å². The van der Waals surface area contributed by atoms with E-state index in [0.717, 1.165) is 37.0 Å². The van der Waals surface area contributed by atoms with E-state index in [4.69, 9.17) is 0 Å². The van der Waals surface area contributed by atoms with E-state index in [9.17, 15) is 4.79 Å². The van der Waals surface area contributed by atoms with Crippen molar-refractivity contribution in [2.24, 2.45) is 5.92 Å². The summed E-state index contributed by atoms with van der Waals surface area (Å²) in [5, 5.41) is 7.36. The average Bonchev–Trinajstić information content (AvgIpc) is 3.00. The van der Waals surface area contributed by atoms with Crippen LogP contribution in [0.3, 0.4) is 0 Å². The van der Waals surface area contributed by atoms with Crippen LogP contribution in [0.1, 0.15) is 23.2 Å². The molecular formula is C16H19N3O. The number of nitrogens with one attached hydrogen (secondary N) is 2. The first kappa shape index (κ1) is 13.1. The monoisotopic (exact) mass is 269 g/mol. The molecule has 1 unspecified atom stereocenters. The lowest BCUT2D eigenvalue weighted by Crippen LogP contribution is -2.26. The third-order valence-electron chi connectivity index (χ3n) is 3.88.